The molecule has 2 fully saturated rings. The predicted octanol–water partition coefficient (Wildman–Crippen LogP) is 7.39. The van der Waals surface area contributed by atoms with Gasteiger partial charge in [0.1, 0.15) is 17.9 Å². The molecule has 4 aromatic carbocycles. The molecule has 4 amide bonds. The molecule has 4 N–H and O–H groups in total. The van der Waals surface area contributed by atoms with Crippen molar-refractivity contribution in [3.8, 4) is 34.4 Å². The molecule has 2 saturated heterocycles. The van der Waals surface area contributed by atoms with Crippen molar-refractivity contribution in [3.05, 3.63) is 155 Å². The van der Waals surface area contributed by atoms with E-state index in [9.17, 15) is 19.2 Å². The van der Waals surface area contributed by atoms with E-state index in [2.05, 4.69) is 42.6 Å². The van der Waals surface area contributed by atoms with Gasteiger partial charge in [-0.3, -0.25) is 14.7 Å². The number of rotatable bonds is 10. The van der Waals surface area contributed by atoms with Crippen LogP contribution in [-0.2, 0) is 19.1 Å². The molecule has 14 nitrogen and oxygen atoms in total. The lowest BCUT2D eigenvalue weighted by atomic mass is 10.0. The number of amides is 4. The summed E-state index contributed by atoms with van der Waals surface area (Å²) in [5.74, 6) is 6.76. The molecule has 4 heterocycles. The third kappa shape index (κ3) is 9.07. The molecule has 0 unspecified atom stereocenters. The maximum atomic E-state index is 13.9. The number of hydrogen-bond donors (Lipinski definition) is 4. The number of aromatic nitrogens is 4. The molecule has 0 aliphatic carbocycles. The lowest BCUT2D eigenvalue weighted by Crippen LogP contribution is -2.42. The first-order valence-corrected chi connectivity index (χ1v) is 20.5. The summed E-state index contributed by atoms with van der Waals surface area (Å²) < 4.78 is 9.64. The molecule has 2 aliphatic heterocycles. The molecule has 0 saturated carbocycles. The van der Waals surface area contributed by atoms with Gasteiger partial charge in [0, 0.05) is 29.8 Å². The number of hydrogen-bond acceptors (Lipinski definition) is 8. The van der Waals surface area contributed by atoms with Gasteiger partial charge in [-0.15, -0.1) is 0 Å². The summed E-state index contributed by atoms with van der Waals surface area (Å²) in [6.45, 7) is 1.10. The van der Waals surface area contributed by atoms with E-state index >= 15 is 0 Å². The molecular weight excluding hydrogens is 785 g/mol. The quantitative estimate of drug-likeness (QED) is 0.103. The van der Waals surface area contributed by atoms with Gasteiger partial charge >= 0.3 is 12.2 Å². The summed E-state index contributed by atoms with van der Waals surface area (Å²) in [5, 5.41) is 13.1. The van der Waals surface area contributed by atoms with Crippen LogP contribution in [0.2, 0.25) is 0 Å². The lowest BCUT2D eigenvalue weighted by Gasteiger charge is -2.28. The molecule has 2 aliphatic rings. The molecule has 0 bridgehead atoms. The number of nitrogens with one attached hydrogen (secondary N) is 4. The molecule has 0 radical (unpaired) electrons. The second-order valence-corrected chi connectivity index (χ2v) is 15.1. The van der Waals surface area contributed by atoms with Crippen molar-refractivity contribution >= 4 is 24.0 Å². The van der Waals surface area contributed by atoms with E-state index in [1.807, 2.05) is 115 Å². The van der Waals surface area contributed by atoms with Crippen molar-refractivity contribution in [2.75, 3.05) is 27.3 Å². The topological polar surface area (TPSA) is 175 Å². The van der Waals surface area contributed by atoms with Crippen LogP contribution in [0, 0.1) is 11.8 Å². The molecule has 14 heteroatoms. The van der Waals surface area contributed by atoms with Gasteiger partial charge in [-0.25, -0.2) is 14.6 Å². The van der Waals surface area contributed by atoms with Crippen molar-refractivity contribution in [1.82, 2.24) is 40.6 Å². The van der Waals surface area contributed by atoms with E-state index in [1.165, 1.54) is 14.2 Å². The number of H-pyrrole nitrogens is 2. The first kappa shape index (κ1) is 41.1. The SMILES string of the molecule is COC(=O)N[C@@H](C(=O)N1CCC[C@H]1c1cc(-c2ccc(C#Cc3ccc(-c4cnc([C@@H]5CCCN5C(=O)[C@H](NC(=O)OC)c5ccccc5)[nH]4)cc3)cc2)n[nH]1)c1ccccc1. The Hall–Kier alpha value is -7.66. The third-order valence-corrected chi connectivity index (χ3v) is 11.3. The lowest BCUT2D eigenvalue weighted by molar-refractivity contribution is -0.135. The third-order valence-electron chi connectivity index (χ3n) is 11.3. The van der Waals surface area contributed by atoms with Gasteiger partial charge in [0.15, 0.2) is 0 Å². The van der Waals surface area contributed by atoms with Crippen molar-refractivity contribution in [1.29, 1.82) is 0 Å². The minimum atomic E-state index is -0.886. The number of carbonyl (C=O) groups excluding carboxylic acids is 4. The van der Waals surface area contributed by atoms with E-state index in [0.717, 1.165) is 65.0 Å². The van der Waals surface area contributed by atoms with Crippen LogP contribution >= 0.6 is 0 Å². The summed E-state index contributed by atoms with van der Waals surface area (Å²) >= 11 is 0. The van der Waals surface area contributed by atoms with Crippen molar-refractivity contribution < 1.29 is 28.7 Å². The first-order chi connectivity index (χ1) is 30.3. The highest BCUT2D eigenvalue weighted by Gasteiger charge is 2.38. The average molecular weight is 831 g/mol. The van der Waals surface area contributed by atoms with Gasteiger partial charge in [0.25, 0.3) is 5.91 Å². The molecular formula is C48H46N8O6. The summed E-state index contributed by atoms with van der Waals surface area (Å²) in [6.07, 6.45) is 3.57. The Bertz CT molecular complexity index is 2400. The van der Waals surface area contributed by atoms with Gasteiger partial charge in [0.2, 0.25) is 5.91 Å². The van der Waals surface area contributed by atoms with Crippen LogP contribution in [0.5, 0.6) is 0 Å². The summed E-state index contributed by atoms with van der Waals surface area (Å²) in [4.78, 5) is 63.8. The van der Waals surface area contributed by atoms with E-state index in [-0.39, 0.29) is 23.9 Å². The standard InChI is InChI=1S/C48H46N8O6/c1-61-47(59)51-42(35-11-5-3-6-12-35)45(57)55-27-9-15-40(55)38-29-37(53-54-38)33-23-19-31(20-24-33)17-18-32-21-25-34(26-22-32)39-30-49-44(50-39)41-16-10-28-56(41)46(58)43(52-48(60)62-2)36-13-7-4-8-14-36/h3-8,11-14,19-26,29-30,40-43H,9-10,15-16,27-28H2,1-2H3,(H,49,50)(H,51,59)(H,52,60)(H,53,54)/t40-,41-,42+,43+/m0/s1. The number of methoxy groups -OCH3 is 2. The van der Waals surface area contributed by atoms with Crippen LogP contribution in [0.3, 0.4) is 0 Å². The fourth-order valence-electron chi connectivity index (χ4n) is 8.13. The van der Waals surface area contributed by atoms with Gasteiger partial charge in [-0.05, 0) is 72.7 Å². The van der Waals surface area contributed by atoms with Crippen LogP contribution in [0.15, 0.2) is 121 Å². The fraction of sp³-hybridized carbons (Fsp3) is 0.250. The summed E-state index contributed by atoms with van der Waals surface area (Å²) in [7, 11) is 2.55. The average Bonchev–Trinajstić information content (AvgIpc) is 4.17. The van der Waals surface area contributed by atoms with E-state index in [0.29, 0.717) is 30.0 Å². The largest absolute Gasteiger partial charge is 0.453 e. The van der Waals surface area contributed by atoms with Crippen LogP contribution in [-0.4, -0.2) is 81.3 Å². The Balaban J connectivity index is 0.901. The zero-order valence-electron chi connectivity index (χ0n) is 34.3. The second kappa shape index (κ2) is 18.7. The highest BCUT2D eigenvalue weighted by Crippen LogP contribution is 2.36. The van der Waals surface area contributed by atoms with Gasteiger partial charge in [-0.1, -0.05) is 96.8 Å². The highest BCUT2D eigenvalue weighted by molar-refractivity contribution is 5.88. The normalized spacial score (nSPS) is 16.7. The molecule has 8 rings (SSSR count). The fourth-order valence-corrected chi connectivity index (χ4v) is 8.13. The van der Waals surface area contributed by atoms with Crippen LogP contribution in [0.4, 0.5) is 9.59 Å². The predicted molar refractivity (Wildman–Crippen MR) is 231 cm³/mol. The van der Waals surface area contributed by atoms with E-state index < -0.39 is 24.3 Å². The number of ether oxygens (including phenoxy) is 2. The Morgan fingerprint density at radius 2 is 1.18 bits per heavy atom. The molecule has 62 heavy (non-hydrogen) atoms. The number of likely N-dealkylation sites (tertiary alicyclic amines) is 2. The molecule has 6 aromatic rings. The number of benzene rings is 4. The Morgan fingerprint density at radius 3 is 1.71 bits per heavy atom. The minimum Gasteiger partial charge on any atom is -0.453 e. The van der Waals surface area contributed by atoms with Crippen LogP contribution < -0.4 is 10.6 Å². The second-order valence-electron chi connectivity index (χ2n) is 15.1. The minimum absolute atomic E-state index is 0.208. The van der Waals surface area contributed by atoms with Gasteiger partial charge in [-0.2, -0.15) is 5.10 Å². The maximum Gasteiger partial charge on any atom is 0.407 e. The number of nitrogens with zero attached hydrogens (tertiary/aromatic N) is 4. The highest BCUT2D eigenvalue weighted by atomic mass is 16.5. The zero-order valence-corrected chi connectivity index (χ0v) is 34.3. The molecule has 2 aromatic heterocycles. The Labute approximate surface area is 359 Å². The monoisotopic (exact) mass is 830 g/mol. The maximum absolute atomic E-state index is 13.9. The van der Waals surface area contributed by atoms with Gasteiger partial charge < -0.3 is 34.9 Å². The zero-order chi connectivity index (χ0) is 43.0. The van der Waals surface area contributed by atoms with Crippen LogP contribution in [0.1, 0.15) is 83.6 Å². The molecule has 314 valence electrons. The van der Waals surface area contributed by atoms with Crippen molar-refractivity contribution in [3.63, 3.8) is 0 Å². The Kier molecular flexibility index (Phi) is 12.4. The number of aromatic amines is 2. The van der Waals surface area contributed by atoms with Crippen LogP contribution in [0.25, 0.3) is 22.5 Å². The number of imidazole rings is 1. The van der Waals surface area contributed by atoms with Crippen molar-refractivity contribution in [2.45, 2.75) is 49.9 Å². The smallest absolute Gasteiger partial charge is 0.407 e. The Morgan fingerprint density at radius 1 is 0.677 bits per heavy atom. The summed E-state index contributed by atoms with van der Waals surface area (Å²) in [6, 6.07) is 33.8. The molecule has 4 atom stereocenters. The van der Waals surface area contributed by atoms with E-state index in [1.54, 1.807) is 16.0 Å². The first-order valence-electron chi connectivity index (χ1n) is 20.5. The van der Waals surface area contributed by atoms with Crippen molar-refractivity contribution in [2.24, 2.45) is 0 Å². The number of alkyl carbamates (subject to hydrolysis) is 2. The summed E-state index contributed by atoms with van der Waals surface area (Å²) in [5.41, 5.74) is 7.28. The number of carbonyl (C=O) groups is 4. The van der Waals surface area contributed by atoms with E-state index in [4.69, 9.17) is 9.47 Å². The molecule has 0 spiro atoms. The van der Waals surface area contributed by atoms with Gasteiger partial charge in [0.05, 0.1) is 49.6 Å².